The van der Waals surface area contributed by atoms with Gasteiger partial charge in [0.2, 0.25) is 0 Å². The average molecular weight is 557 g/mol. The molecule has 0 atom stereocenters. The Balaban J connectivity index is 1.61. The highest BCUT2D eigenvalue weighted by Gasteiger charge is 2.52. The van der Waals surface area contributed by atoms with Crippen molar-refractivity contribution in [1.82, 2.24) is 8.97 Å². The molecular formula is C37H28BN3O2. The second-order valence-corrected chi connectivity index (χ2v) is 12.7. The van der Waals surface area contributed by atoms with Gasteiger partial charge in [0, 0.05) is 32.6 Å². The molecule has 4 heterocycles. The highest BCUT2D eigenvalue weighted by Crippen LogP contribution is 2.45. The minimum Gasteiger partial charge on any atom is -0.399 e. The van der Waals surface area contributed by atoms with Gasteiger partial charge in [-0.1, -0.05) is 60.7 Å². The Morgan fingerprint density at radius 1 is 0.628 bits per heavy atom. The topological polar surface area (TPSA) is 51.6 Å². The number of aromatic nitrogens is 2. The van der Waals surface area contributed by atoms with Crippen LogP contribution in [-0.2, 0) is 9.31 Å². The van der Waals surface area contributed by atoms with Gasteiger partial charge in [-0.05, 0) is 74.9 Å². The molecule has 0 bridgehead atoms. The zero-order chi connectivity index (χ0) is 29.2. The van der Waals surface area contributed by atoms with E-state index in [4.69, 9.17) is 9.31 Å². The summed E-state index contributed by atoms with van der Waals surface area (Å²) in [6.07, 6.45) is 0. The molecule has 5 nitrogen and oxygen atoms in total. The van der Waals surface area contributed by atoms with E-state index in [1.165, 1.54) is 10.8 Å². The number of nitriles is 1. The van der Waals surface area contributed by atoms with Crippen LogP contribution in [0.5, 0.6) is 0 Å². The molecule has 0 saturated carbocycles. The predicted octanol–water partition coefficient (Wildman–Crippen LogP) is 8.10. The fraction of sp³-hybridized carbons (Fsp3) is 0.162. The van der Waals surface area contributed by atoms with Gasteiger partial charge in [-0.25, -0.2) is 0 Å². The van der Waals surface area contributed by atoms with Crippen LogP contribution in [-0.4, -0.2) is 27.3 Å². The number of nitrogens with zero attached hydrogens (tertiary/aromatic N) is 3. The highest BCUT2D eigenvalue weighted by molar-refractivity contribution is 6.66. The first-order valence-electron chi connectivity index (χ1n) is 14.8. The van der Waals surface area contributed by atoms with E-state index < -0.39 is 18.3 Å². The zero-order valence-corrected chi connectivity index (χ0v) is 24.5. The van der Waals surface area contributed by atoms with Gasteiger partial charge in [0.05, 0.1) is 50.4 Å². The van der Waals surface area contributed by atoms with Gasteiger partial charge in [0.1, 0.15) is 0 Å². The molecule has 0 amide bonds. The second kappa shape index (κ2) is 8.17. The van der Waals surface area contributed by atoms with E-state index in [1.54, 1.807) is 0 Å². The van der Waals surface area contributed by atoms with Crippen molar-refractivity contribution >= 4 is 72.5 Å². The molecule has 0 N–H and O–H groups in total. The summed E-state index contributed by atoms with van der Waals surface area (Å²) in [5.74, 6) is 0. The lowest BCUT2D eigenvalue weighted by molar-refractivity contribution is 0.00578. The van der Waals surface area contributed by atoms with Gasteiger partial charge in [0.25, 0.3) is 0 Å². The van der Waals surface area contributed by atoms with Gasteiger partial charge < -0.3 is 18.3 Å². The summed E-state index contributed by atoms with van der Waals surface area (Å²) in [4.78, 5) is 0. The van der Waals surface area contributed by atoms with E-state index in [0.29, 0.717) is 5.56 Å². The first kappa shape index (κ1) is 24.7. The van der Waals surface area contributed by atoms with Crippen LogP contribution >= 0.6 is 0 Å². The minimum absolute atomic E-state index is 0.476. The molecule has 6 heteroatoms. The van der Waals surface area contributed by atoms with E-state index in [2.05, 4.69) is 128 Å². The monoisotopic (exact) mass is 557 g/mol. The summed E-state index contributed by atoms with van der Waals surface area (Å²) < 4.78 is 18.1. The Morgan fingerprint density at radius 3 is 2.07 bits per heavy atom. The normalized spacial score (nSPS) is 16.5. The Morgan fingerprint density at radius 2 is 1.30 bits per heavy atom. The maximum absolute atomic E-state index is 10.3. The molecule has 1 fully saturated rings. The molecular weight excluding hydrogens is 529 g/mol. The molecule has 43 heavy (non-hydrogen) atoms. The standard InChI is InChI=1S/C37H28BN3O2/c1-36(2)37(3,4)43-38(42-36)27-17-18-29-34-32(27)26-15-10-14-25-24-13-8-9-16-28(24)41(35(25)26)31-20-22(21-39)19-30(33(31)34)40(29)23-11-6-5-7-12-23/h5-20H,1-4H3. The largest absolute Gasteiger partial charge is 0.495 e. The van der Waals surface area contributed by atoms with Crippen molar-refractivity contribution in [3.8, 4) is 11.8 Å². The minimum atomic E-state index is -0.535. The van der Waals surface area contributed by atoms with Crippen molar-refractivity contribution in [2.45, 2.75) is 38.9 Å². The third-order valence-corrected chi connectivity index (χ3v) is 9.90. The number of hydrogen-bond donors (Lipinski definition) is 0. The SMILES string of the molecule is CC1(C)OB(c2ccc3c4c2c2cccc5c6ccccc6n(c6cc(C#N)cc(c46)n3-c3ccccc3)c52)OC1(C)C. The van der Waals surface area contributed by atoms with E-state index in [1.807, 2.05) is 12.1 Å². The number of hydrogen-bond acceptors (Lipinski definition) is 3. The lowest BCUT2D eigenvalue weighted by Crippen LogP contribution is -2.41. The summed E-state index contributed by atoms with van der Waals surface area (Å²) in [5.41, 5.74) is 7.08. The maximum Gasteiger partial charge on any atom is 0.495 e. The lowest BCUT2D eigenvalue weighted by atomic mass is 9.75. The third kappa shape index (κ3) is 3.08. The van der Waals surface area contributed by atoms with Gasteiger partial charge in [-0.3, -0.25) is 0 Å². The van der Waals surface area contributed by atoms with Gasteiger partial charge in [-0.2, -0.15) is 5.26 Å². The van der Waals surface area contributed by atoms with Crippen molar-refractivity contribution in [2.24, 2.45) is 0 Å². The number of fused-ring (bicyclic) bond motifs is 5. The van der Waals surface area contributed by atoms with Gasteiger partial charge in [-0.15, -0.1) is 0 Å². The lowest BCUT2D eigenvalue weighted by Gasteiger charge is -2.32. The van der Waals surface area contributed by atoms with Crippen molar-refractivity contribution in [2.75, 3.05) is 0 Å². The summed E-state index contributed by atoms with van der Waals surface area (Å²) in [7, 11) is -0.535. The highest BCUT2D eigenvalue weighted by atomic mass is 16.7. The van der Waals surface area contributed by atoms with E-state index in [9.17, 15) is 5.26 Å². The van der Waals surface area contributed by atoms with Crippen LogP contribution in [0.15, 0.2) is 97.1 Å². The molecule has 1 aliphatic rings. The Kier molecular flexibility index (Phi) is 4.70. The quantitative estimate of drug-likeness (QED) is 0.202. The predicted molar refractivity (Wildman–Crippen MR) is 176 cm³/mol. The number of rotatable bonds is 2. The molecule has 3 aromatic heterocycles. The molecule has 206 valence electrons. The number of para-hydroxylation sites is 3. The summed E-state index contributed by atoms with van der Waals surface area (Å²) in [6, 6.07) is 36.5. The van der Waals surface area contributed by atoms with E-state index in [0.717, 1.165) is 60.3 Å². The molecule has 0 unspecified atom stereocenters. The zero-order valence-electron chi connectivity index (χ0n) is 24.5. The van der Waals surface area contributed by atoms with Crippen molar-refractivity contribution < 1.29 is 9.31 Å². The maximum atomic E-state index is 10.3. The van der Waals surface area contributed by atoms with Crippen LogP contribution in [0.1, 0.15) is 33.3 Å². The molecule has 5 aromatic carbocycles. The Hall–Kier alpha value is -4.83. The van der Waals surface area contributed by atoms with Crippen LogP contribution in [0.3, 0.4) is 0 Å². The van der Waals surface area contributed by atoms with Gasteiger partial charge >= 0.3 is 7.12 Å². The molecule has 1 saturated heterocycles. The van der Waals surface area contributed by atoms with Crippen LogP contribution in [0.2, 0.25) is 0 Å². The summed E-state index contributed by atoms with van der Waals surface area (Å²) in [5, 5.41) is 17.2. The molecule has 8 aromatic rings. The molecule has 0 aliphatic carbocycles. The third-order valence-electron chi connectivity index (χ3n) is 9.90. The van der Waals surface area contributed by atoms with E-state index in [-0.39, 0.29) is 0 Å². The summed E-state index contributed by atoms with van der Waals surface area (Å²) in [6.45, 7) is 8.41. The van der Waals surface area contributed by atoms with Crippen molar-refractivity contribution in [3.05, 3.63) is 103 Å². The van der Waals surface area contributed by atoms with Crippen LogP contribution in [0.25, 0.3) is 65.6 Å². The van der Waals surface area contributed by atoms with Crippen molar-refractivity contribution in [3.63, 3.8) is 0 Å². The molecule has 0 spiro atoms. The van der Waals surface area contributed by atoms with Crippen molar-refractivity contribution in [1.29, 1.82) is 5.26 Å². The average Bonchev–Trinajstić information content (AvgIpc) is 3.56. The molecule has 9 rings (SSSR count). The Bertz CT molecular complexity index is 2460. The van der Waals surface area contributed by atoms with Crippen LogP contribution < -0.4 is 5.46 Å². The fourth-order valence-electron chi connectivity index (χ4n) is 7.24. The first-order valence-corrected chi connectivity index (χ1v) is 14.8. The van der Waals surface area contributed by atoms with E-state index >= 15 is 0 Å². The molecule has 0 radical (unpaired) electrons. The second-order valence-electron chi connectivity index (χ2n) is 12.7. The summed E-state index contributed by atoms with van der Waals surface area (Å²) >= 11 is 0. The smallest absolute Gasteiger partial charge is 0.399 e. The Labute approximate surface area is 248 Å². The number of benzene rings is 5. The fourth-order valence-corrected chi connectivity index (χ4v) is 7.24. The van der Waals surface area contributed by atoms with Crippen LogP contribution in [0.4, 0.5) is 0 Å². The van der Waals surface area contributed by atoms with Crippen LogP contribution in [0, 0.1) is 11.3 Å². The first-order chi connectivity index (χ1) is 20.8. The molecule has 1 aliphatic heterocycles. The van der Waals surface area contributed by atoms with Gasteiger partial charge in [0.15, 0.2) is 0 Å².